The number of carbonyl (C=O) groups is 1. The zero-order valence-corrected chi connectivity index (χ0v) is 14.5. The van der Waals surface area contributed by atoms with E-state index >= 15 is 0 Å². The molecule has 5 nitrogen and oxygen atoms in total. The van der Waals surface area contributed by atoms with Crippen LogP contribution in [0.15, 0.2) is 40.8 Å². The maximum Gasteiger partial charge on any atom is 0.322 e. The summed E-state index contributed by atoms with van der Waals surface area (Å²) in [5.41, 5.74) is 0.715. The summed E-state index contributed by atoms with van der Waals surface area (Å²) in [4.78, 5) is 14.5. The summed E-state index contributed by atoms with van der Waals surface area (Å²) in [5.74, 6) is 1.62. The van der Waals surface area contributed by atoms with E-state index in [-0.39, 0.29) is 18.2 Å². The van der Waals surface area contributed by atoms with Crippen LogP contribution in [0.1, 0.15) is 24.4 Å². The molecule has 1 aliphatic rings. The van der Waals surface area contributed by atoms with Crippen molar-refractivity contribution in [3.05, 3.63) is 52.9 Å². The molecule has 2 amide bonds. The van der Waals surface area contributed by atoms with E-state index in [0.29, 0.717) is 17.3 Å². The molecule has 128 valence electrons. The number of furan rings is 1. The maximum absolute atomic E-state index is 12.7. The molecule has 0 unspecified atom stereocenters. The quantitative estimate of drug-likeness (QED) is 0.868. The van der Waals surface area contributed by atoms with Crippen molar-refractivity contribution < 1.29 is 13.9 Å². The van der Waals surface area contributed by atoms with Gasteiger partial charge in [0.25, 0.3) is 0 Å². The Balaban J connectivity index is 1.70. The smallest absolute Gasteiger partial charge is 0.322 e. The Morgan fingerprint density at radius 1 is 1.29 bits per heavy atom. The normalized spacial score (nSPS) is 19.6. The molecule has 1 aliphatic carbocycles. The molecule has 0 saturated heterocycles. The van der Waals surface area contributed by atoms with Gasteiger partial charge in [-0.3, -0.25) is 0 Å². The number of methoxy groups -OCH3 is 1. The predicted octanol–water partition coefficient (Wildman–Crippen LogP) is 4.45. The second kappa shape index (κ2) is 7.28. The number of urea groups is 1. The van der Waals surface area contributed by atoms with Crippen molar-refractivity contribution in [1.82, 2.24) is 4.90 Å². The molecule has 0 aliphatic heterocycles. The summed E-state index contributed by atoms with van der Waals surface area (Å²) >= 11 is 5.89. The first-order valence-electron chi connectivity index (χ1n) is 7.96. The van der Waals surface area contributed by atoms with Crippen molar-refractivity contribution in [3.8, 4) is 0 Å². The number of benzene rings is 1. The van der Waals surface area contributed by atoms with Crippen LogP contribution < -0.4 is 5.32 Å². The van der Waals surface area contributed by atoms with Crippen LogP contribution in [0.2, 0.25) is 5.02 Å². The fourth-order valence-corrected chi connectivity index (χ4v) is 2.94. The van der Waals surface area contributed by atoms with Gasteiger partial charge in [0, 0.05) is 23.9 Å². The van der Waals surface area contributed by atoms with Gasteiger partial charge in [0.1, 0.15) is 11.5 Å². The molecular weight excluding hydrogens is 328 g/mol. The van der Waals surface area contributed by atoms with Gasteiger partial charge in [-0.05, 0) is 56.2 Å². The molecule has 0 radical (unpaired) electrons. The molecule has 1 N–H and O–H groups in total. The molecule has 2 aromatic rings. The number of rotatable bonds is 5. The van der Waals surface area contributed by atoms with Crippen LogP contribution in [0.3, 0.4) is 0 Å². The SMILES string of the molecule is COC1CC(N(Cc2ccc(C)o2)C(=O)Nc2ccc(Cl)cc2)C1. The number of halogens is 1. The first kappa shape index (κ1) is 16.9. The zero-order chi connectivity index (χ0) is 17.1. The number of hydrogen-bond donors (Lipinski definition) is 1. The predicted molar refractivity (Wildman–Crippen MR) is 93.3 cm³/mol. The molecule has 1 fully saturated rings. The maximum atomic E-state index is 12.7. The third kappa shape index (κ3) is 3.91. The highest BCUT2D eigenvalue weighted by atomic mass is 35.5. The molecule has 1 saturated carbocycles. The van der Waals surface area contributed by atoms with Crippen LogP contribution in [0.4, 0.5) is 10.5 Å². The lowest BCUT2D eigenvalue weighted by Crippen LogP contribution is -2.51. The molecule has 1 heterocycles. The van der Waals surface area contributed by atoms with Crippen LogP contribution in [0, 0.1) is 6.92 Å². The van der Waals surface area contributed by atoms with E-state index in [1.165, 1.54) is 0 Å². The summed E-state index contributed by atoms with van der Waals surface area (Å²) in [7, 11) is 1.70. The average molecular weight is 349 g/mol. The Morgan fingerprint density at radius 2 is 2.00 bits per heavy atom. The van der Waals surface area contributed by atoms with Crippen LogP contribution in [0.5, 0.6) is 0 Å². The van der Waals surface area contributed by atoms with Crippen molar-refractivity contribution in [1.29, 1.82) is 0 Å². The summed E-state index contributed by atoms with van der Waals surface area (Å²) in [5, 5.41) is 3.56. The van der Waals surface area contributed by atoms with Gasteiger partial charge >= 0.3 is 6.03 Å². The fourth-order valence-electron chi connectivity index (χ4n) is 2.82. The van der Waals surface area contributed by atoms with Crippen LogP contribution in [-0.2, 0) is 11.3 Å². The average Bonchev–Trinajstić information content (AvgIpc) is 2.92. The number of nitrogens with zero attached hydrogens (tertiary/aromatic N) is 1. The van der Waals surface area contributed by atoms with Crippen LogP contribution >= 0.6 is 11.6 Å². The van der Waals surface area contributed by atoms with Gasteiger partial charge in [0.2, 0.25) is 0 Å². The first-order chi connectivity index (χ1) is 11.5. The van der Waals surface area contributed by atoms with E-state index in [1.807, 2.05) is 24.0 Å². The minimum atomic E-state index is -0.147. The van der Waals surface area contributed by atoms with E-state index < -0.39 is 0 Å². The van der Waals surface area contributed by atoms with Crippen molar-refractivity contribution in [2.75, 3.05) is 12.4 Å². The molecule has 1 aromatic carbocycles. The minimum Gasteiger partial charge on any atom is -0.464 e. The summed E-state index contributed by atoms with van der Waals surface area (Å²) < 4.78 is 11.0. The highest BCUT2D eigenvalue weighted by Gasteiger charge is 2.36. The Hall–Kier alpha value is -1.98. The van der Waals surface area contributed by atoms with Gasteiger partial charge in [0.15, 0.2) is 0 Å². The fraction of sp³-hybridized carbons (Fsp3) is 0.389. The largest absolute Gasteiger partial charge is 0.464 e. The van der Waals surface area contributed by atoms with Crippen LogP contribution in [-0.4, -0.2) is 30.2 Å². The Morgan fingerprint density at radius 3 is 2.58 bits per heavy atom. The lowest BCUT2D eigenvalue weighted by molar-refractivity contribution is -0.0161. The van der Waals surface area contributed by atoms with Crippen molar-refractivity contribution in [3.63, 3.8) is 0 Å². The first-order valence-corrected chi connectivity index (χ1v) is 8.34. The third-order valence-corrected chi connectivity index (χ3v) is 4.57. The molecule has 1 aromatic heterocycles. The molecule has 0 spiro atoms. The summed E-state index contributed by atoms with van der Waals surface area (Å²) in [6, 6.07) is 10.9. The van der Waals surface area contributed by atoms with Crippen molar-refractivity contribution >= 4 is 23.3 Å². The van der Waals surface area contributed by atoms with E-state index in [4.69, 9.17) is 20.8 Å². The number of ether oxygens (including phenoxy) is 1. The van der Waals surface area contributed by atoms with Crippen molar-refractivity contribution in [2.45, 2.75) is 38.5 Å². The number of hydrogen-bond acceptors (Lipinski definition) is 3. The Bertz CT molecular complexity index is 693. The van der Waals surface area contributed by atoms with Gasteiger partial charge < -0.3 is 19.4 Å². The topological polar surface area (TPSA) is 54.7 Å². The van der Waals surface area contributed by atoms with Gasteiger partial charge in [-0.25, -0.2) is 4.79 Å². The molecule has 0 bridgehead atoms. The number of nitrogens with one attached hydrogen (secondary N) is 1. The highest BCUT2D eigenvalue weighted by molar-refractivity contribution is 6.30. The number of anilines is 1. The molecule has 0 atom stereocenters. The lowest BCUT2D eigenvalue weighted by Gasteiger charge is -2.41. The molecule has 6 heteroatoms. The Labute approximate surface area is 146 Å². The number of aryl methyl sites for hydroxylation is 1. The monoisotopic (exact) mass is 348 g/mol. The minimum absolute atomic E-state index is 0.146. The second-order valence-electron chi connectivity index (χ2n) is 6.06. The second-order valence-corrected chi connectivity index (χ2v) is 6.50. The van der Waals surface area contributed by atoms with E-state index in [1.54, 1.807) is 31.4 Å². The van der Waals surface area contributed by atoms with E-state index in [0.717, 1.165) is 24.4 Å². The highest BCUT2D eigenvalue weighted by Crippen LogP contribution is 2.30. The summed E-state index contributed by atoms with van der Waals surface area (Å²) in [6.45, 7) is 2.33. The van der Waals surface area contributed by atoms with Gasteiger partial charge in [-0.2, -0.15) is 0 Å². The van der Waals surface area contributed by atoms with Crippen LogP contribution in [0.25, 0.3) is 0 Å². The van der Waals surface area contributed by atoms with Gasteiger partial charge in [0.05, 0.1) is 12.6 Å². The summed E-state index contributed by atoms with van der Waals surface area (Å²) in [6.07, 6.45) is 1.90. The molecule has 24 heavy (non-hydrogen) atoms. The van der Waals surface area contributed by atoms with Gasteiger partial charge in [-0.1, -0.05) is 11.6 Å². The Kier molecular flexibility index (Phi) is 5.11. The van der Waals surface area contributed by atoms with E-state index in [2.05, 4.69) is 5.32 Å². The zero-order valence-electron chi connectivity index (χ0n) is 13.8. The third-order valence-electron chi connectivity index (χ3n) is 4.32. The number of amides is 2. The van der Waals surface area contributed by atoms with Crippen molar-refractivity contribution in [2.24, 2.45) is 0 Å². The molecular formula is C18H21ClN2O3. The standard InChI is InChI=1S/C18H21ClN2O3/c1-12-3-8-16(24-12)11-21(15-9-17(10-15)23-2)18(22)20-14-6-4-13(19)5-7-14/h3-8,15,17H,9-11H2,1-2H3,(H,20,22). The number of carbonyl (C=O) groups excluding carboxylic acids is 1. The molecule has 3 rings (SSSR count). The van der Waals surface area contributed by atoms with E-state index in [9.17, 15) is 4.79 Å². The lowest BCUT2D eigenvalue weighted by atomic mass is 9.88. The van der Waals surface area contributed by atoms with Gasteiger partial charge in [-0.15, -0.1) is 0 Å².